The molecule has 148 valence electrons. The standard InChI is InChI=1S/C21H23N7O/c1-4-27-14-22-25-20(27)13-26(3)21(29)17-10-19(15-11-23-28(5-2)12-15)24-18-9-7-6-8-16(17)18/h6-12,14H,4-5,13H2,1-3H3. The Balaban J connectivity index is 1.74. The number of para-hydroxylation sites is 1. The molecule has 0 spiro atoms. The van der Waals surface area contributed by atoms with E-state index in [2.05, 4.69) is 15.3 Å². The van der Waals surface area contributed by atoms with Crippen LogP contribution >= 0.6 is 0 Å². The lowest BCUT2D eigenvalue weighted by molar-refractivity contribution is 0.0782. The number of aromatic nitrogens is 6. The third-order valence-corrected chi connectivity index (χ3v) is 4.96. The Morgan fingerprint density at radius 3 is 2.76 bits per heavy atom. The number of hydrogen-bond acceptors (Lipinski definition) is 5. The van der Waals surface area contributed by atoms with Crippen LogP contribution in [0, 0.1) is 0 Å². The van der Waals surface area contributed by atoms with Crippen LogP contribution in [0.5, 0.6) is 0 Å². The first kappa shape index (κ1) is 18.8. The zero-order valence-corrected chi connectivity index (χ0v) is 16.8. The van der Waals surface area contributed by atoms with Gasteiger partial charge in [-0.05, 0) is 26.0 Å². The second-order valence-corrected chi connectivity index (χ2v) is 6.85. The van der Waals surface area contributed by atoms with E-state index in [-0.39, 0.29) is 5.91 Å². The van der Waals surface area contributed by atoms with E-state index >= 15 is 0 Å². The van der Waals surface area contributed by atoms with Crippen molar-refractivity contribution in [1.29, 1.82) is 0 Å². The number of nitrogens with zero attached hydrogens (tertiary/aromatic N) is 7. The van der Waals surface area contributed by atoms with Crippen LogP contribution in [0.2, 0.25) is 0 Å². The van der Waals surface area contributed by atoms with Crippen molar-refractivity contribution in [3.05, 3.63) is 60.4 Å². The number of aryl methyl sites for hydroxylation is 2. The van der Waals surface area contributed by atoms with Crippen molar-refractivity contribution < 1.29 is 4.79 Å². The quantitative estimate of drug-likeness (QED) is 0.506. The van der Waals surface area contributed by atoms with E-state index in [1.54, 1.807) is 24.5 Å². The zero-order valence-electron chi connectivity index (χ0n) is 16.8. The molecule has 3 aromatic heterocycles. The highest BCUT2D eigenvalue weighted by Gasteiger charge is 2.19. The Kier molecular flexibility index (Phi) is 5.07. The summed E-state index contributed by atoms with van der Waals surface area (Å²) in [5.41, 5.74) is 3.01. The highest BCUT2D eigenvalue weighted by atomic mass is 16.2. The molecule has 4 rings (SSSR count). The summed E-state index contributed by atoms with van der Waals surface area (Å²) in [7, 11) is 1.78. The van der Waals surface area contributed by atoms with Gasteiger partial charge in [0, 0.05) is 37.3 Å². The van der Waals surface area contributed by atoms with Crippen LogP contribution in [-0.2, 0) is 19.6 Å². The van der Waals surface area contributed by atoms with Crippen LogP contribution in [0.25, 0.3) is 22.2 Å². The molecule has 1 aromatic carbocycles. The van der Waals surface area contributed by atoms with Crippen LogP contribution < -0.4 is 0 Å². The van der Waals surface area contributed by atoms with Gasteiger partial charge in [0.15, 0.2) is 5.82 Å². The first-order chi connectivity index (χ1) is 14.1. The minimum Gasteiger partial charge on any atom is -0.334 e. The number of pyridine rings is 1. The van der Waals surface area contributed by atoms with Gasteiger partial charge < -0.3 is 9.47 Å². The summed E-state index contributed by atoms with van der Waals surface area (Å²) >= 11 is 0. The average molecular weight is 389 g/mol. The smallest absolute Gasteiger partial charge is 0.254 e. The summed E-state index contributed by atoms with van der Waals surface area (Å²) in [6.07, 6.45) is 5.40. The first-order valence-electron chi connectivity index (χ1n) is 9.65. The second-order valence-electron chi connectivity index (χ2n) is 6.85. The zero-order chi connectivity index (χ0) is 20.4. The lowest BCUT2D eigenvalue weighted by atomic mass is 10.0. The van der Waals surface area contributed by atoms with E-state index in [0.29, 0.717) is 12.1 Å². The molecule has 8 heteroatoms. The molecule has 0 N–H and O–H groups in total. The topological polar surface area (TPSA) is 81.7 Å². The van der Waals surface area contributed by atoms with E-state index in [4.69, 9.17) is 4.98 Å². The van der Waals surface area contributed by atoms with Gasteiger partial charge in [-0.1, -0.05) is 18.2 Å². The van der Waals surface area contributed by atoms with Crippen LogP contribution in [0.15, 0.2) is 49.1 Å². The number of carbonyl (C=O) groups excluding carboxylic acids is 1. The van der Waals surface area contributed by atoms with E-state index in [0.717, 1.165) is 41.1 Å². The molecule has 4 aromatic rings. The average Bonchev–Trinajstić information content (AvgIpc) is 3.41. The van der Waals surface area contributed by atoms with Gasteiger partial charge in [-0.3, -0.25) is 9.48 Å². The van der Waals surface area contributed by atoms with E-state index in [9.17, 15) is 4.79 Å². The molecule has 0 bridgehead atoms. The molecule has 0 radical (unpaired) electrons. The van der Waals surface area contributed by atoms with Gasteiger partial charge in [-0.15, -0.1) is 10.2 Å². The van der Waals surface area contributed by atoms with Crippen molar-refractivity contribution in [2.75, 3.05) is 7.05 Å². The van der Waals surface area contributed by atoms with Gasteiger partial charge >= 0.3 is 0 Å². The summed E-state index contributed by atoms with van der Waals surface area (Å²) in [5.74, 6) is 0.671. The van der Waals surface area contributed by atoms with Crippen molar-refractivity contribution in [2.45, 2.75) is 33.5 Å². The Morgan fingerprint density at radius 1 is 1.17 bits per heavy atom. The lowest BCUT2D eigenvalue weighted by Crippen LogP contribution is -2.28. The largest absolute Gasteiger partial charge is 0.334 e. The van der Waals surface area contributed by atoms with Crippen LogP contribution in [0.1, 0.15) is 30.0 Å². The molecular formula is C21H23N7O. The van der Waals surface area contributed by atoms with Crippen LogP contribution in [0.3, 0.4) is 0 Å². The monoisotopic (exact) mass is 389 g/mol. The lowest BCUT2D eigenvalue weighted by Gasteiger charge is -2.18. The number of carbonyl (C=O) groups is 1. The minimum atomic E-state index is -0.0848. The fraction of sp³-hybridized carbons (Fsp3) is 0.286. The molecule has 0 aliphatic carbocycles. The van der Waals surface area contributed by atoms with Gasteiger partial charge in [-0.25, -0.2) is 4.98 Å². The molecule has 0 aliphatic rings. The molecule has 3 heterocycles. The number of amides is 1. The Morgan fingerprint density at radius 2 is 2.00 bits per heavy atom. The fourth-order valence-electron chi connectivity index (χ4n) is 3.32. The molecule has 1 amide bonds. The normalized spacial score (nSPS) is 11.1. The molecule has 29 heavy (non-hydrogen) atoms. The maximum atomic E-state index is 13.3. The van der Waals surface area contributed by atoms with Crippen molar-refractivity contribution >= 4 is 16.8 Å². The Bertz CT molecular complexity index is 1160. The number of hydrogen-bond donors (Lipinski definition) is 0. The third kappa shape index (κ3) is 3.61. The summed E-state index contributed by atoms with van der Waals surface area (Å²) in [5, 5.41) is 13.2. The van der Waals surface area contributed by atoms with Gasteiger partial charge in [0.2, 0.25) is 0 Å². The van der Waals surface area contributed by atoms with Crippen LogP contribution in [-0.4, -0.2) is 47.4 Å². The number of benzene rings is 1. The highest BCUT2D eigenvalue weighted by Crippen LogP contribution is 2.25. The van der Waals surface area contributed by atoms with Crippen molar-refractivity contribution in [3.8, 4) is 11.3 Å². The van der Waals surface area contributed by atoms with Gasteiger partial charge in [0.1, 0.15) is 6.33 Å². The van der Waals surface area contributed by atoms with Crippen molar-refractivity contribution in [1.82, 2.24) is 34.4 Å². The number of rotatable bonds is 6. The van der Waals surface area contributed by atoms with Gasteiger partial charge in [0.05, 0.1) is 29.5 Å². The maximum absolute atomic E-state index is 13.3. The fourth-order valence-corrected chi connectivity index (χ4v) is 3.32. The van der Waals surface area contributed by atoms with E-state index in [1.165, 1.54) is 0 Å². The van der Waals surface area contributed by atoms with Crippen LogP contribution in [0.4, 0.5) is 0 Å². The highest BCUT2D eigenvalue weighted by molar-refractivity contribution is 6.07. The van der Waals surface area contributed by atoms with Crippen molar-refractivity contribution in [3.63, 3.8) is 0 Å². The number of fused-ring (bicyclic) bond motifs is 1. The van der Waals surface area contributed by atoms with Gasteiger partial charge in [0.25, 0.3) is 5.91 Å². The molecule has 0 unspecified atom stereocenters. The summed E-state index contributed by atoms with van der Waals surface area (Å²) in [4.78, 5) is 19.8. The van der Waals surface area contributed by atoms with Crippen molar-refractivity contribution in [2.24, 2.45) is 0 Å². The van der Waals surface area contributed by atoms with E-state index < -0.39 is 0 Å². The van der Waals surface area contributed by atoms with Gasteiger partial charge in [-0.2, -0.15) is 5.10 Å². The summed E-state index contributed by atoms with van der Waals surface area (Å²) in [6, 6.07) is 9.55. The maximum Gasteiger partial charge on any atom is 0.254 e. The molecule has 0 aliphatic heterocycles. The molecule has 0 saturated heterocycles. The third-order valence-electron chi connectivity index (χ3n) is 4.96. The first-order valence-corrected chi connectivity index (χ1v) is 9.65. The van der Waals surface area contributed by atoms with E-state index in [1.807, 2.05) is 59.6 Å². The molecule has 0 fully saturated rings. The second kappa shape index (κ2) is 7.83. The summed E-state index contributed by atoms with van der Waals surface area (Å²) in [6.45, 7) is 5.97. The minimum absolute atomic E-state index is 0.0848. The molecule has 0 atom stereocenters. The molecular weight excluding hydrogens is 366 g/mol. The Labute approximate surface area is 168 Å². The summed E-state index contributed by atoms with van der Waals surface area (Å²) < 4.78 is 3.77. The predicted octanol–water partition coefficient (Wildman–Crippen LogP) is 3.00. The molecule has 8 nitrogen and oxygen atoms in total. The SMILES string of the molecule is CCn1cc(-c2cc(C(=O)N(C)Cc3nncn3CC)c3ccccc3n2)cn1. The molecule has 0 saturated carbocycles. The Hall–Kier alpha value is -3.55. The predicted molar refractivity (Wildman–Crippen MR) is 110 cm³/mol.